The molecule has 14 heavy (non-hydrogen) atoms. The van der Waals surface area contributed by atoms with Crippen LogP contribution in [0.5, 0.6) is 0 Å². The molecule has 0 bridgehead atoms. The van der Waals surface area contributed by atoms with Crippen LogP contribution >= 0.6 is 0 Å². The van der Waals surface area contributed by atoms with Gasteiger partial charge in [-0.2, -0.15) is 0 Å². The molecule has 0 radical (unpaired) electrons. The van der Waals surface area contributed by atoms with Crippen LogP contribution in [0.2, 0.25) is 0 Å². The van der Waals surface area contributed by atoms with Crippen molar-refractivity contribution in [3.8, 4) is 0 Å². The highest BCUT2D eigenvalue weighted by molar-refractivity contribution is 5.89. The van der Waals surface area contributed by atoms with Gasteiger partial charge in [0.05, 0.1) is 12.7 Å². The summed E-state index contributed by atoms with van der Waals surface area (Å²) < 4.78 is 4.60. The van der Waals surface area contributed by atoms with E-state index < -0.39 is 0 Å². The maximum absolute atomic E-state index is 11.2. The molecule has 0 saturated heterocycles. The lowest BCUT2D eigenvalue weighted by Gasteiger charge is -2.00. The Morgan fingerprint density at radius 1 is 1.57 bits per heavy atom. The zero-order valence-corrected chi connectivity index (χ0v) is 7.99. The molecule has 0 atom stereocenters. The Balaban J connectivity index is 2.79. The summed E-state index contributed by atoms with van der Waals surface area (Å²) in [5.41, 5.74) is 1.53. The summed E-state index contributed by atoms with van der Waals surface area (Å²) in [5, 5.41) is 0. The number of esters is 1. The van der Waals surface area contributed by atoms with Gasteiger partial charge in [-0.1, -0.05) is 12.1 Å². The number of benzene rings is 1. The standard InChI is InChI=1S/C11H11NO2/c1-12-7-6-9-4-3-5-10(8-9)11(13)14-2/h3-5,8H,6-7H2,2H3. The van der Waals surface area contributed by atoms with Crippen LogP contribution in [0.15, 0.2) is 24.3 Å². The first-order chi connectivity index (χ1) is 6.77. The fourth-order valence-corrected chi connectivity index (χ4v) is 1.16. The number of hydrogen-bond donors (Lipinski definition) is 0. The number of carbonyl (C=O) groups excluding carboxylic acids is 1. The smallest absolute Gasteiger partial charge is 0.337 e. The lowest BCUT2D eigenvalue weighted by atomic mass is 10.1. The third-order valence-electron chi connectivity index (χ3n) is 1.86. The summed E-state index contributed by atoms with van der Waals surface area (Å²) in [6.45, 7) is 7.11. The number of ether oxygens (including phenoxy) is 1. The van der Waals surface area contributed by atoms with Gasteiger partial charge in [-0.05, 0) is 17.7 Å². The predicted molar refractivity (Wildman–Crippen MR) is 53.0 cm³/mol. The molecule has 0 unspecified atom stereocenters. The maximum atomic E-state index is 11.2. The Kier molecular flexibility index (Phi) is 3.69. The second-order valence-corrected chi connectivity index (χ2v) is 2.82. The fraction of sp³-hybridized carbons (Fsp3) is 0.273. The molecule has 0 amide bonds. The quantitative estimate of drug-likeness (QED) is 0.537. The molecule has 0 aliphatic rings. The Labute approximate surface area is 83.1 Å². The summed E-state index contributed by atoms with van der Waals surface area (Å²) in [6, 6.07) is 7.16. The minimum Gasteiger partial charge on any atom is -0.465 e. The van der Waals surface area contributed by atoms with E-state index in [-0.39, 0.29) is 5.97 Å². The Bertz CT molecular complexity index is 366. The van der Waals surface area contributed by atoms with Gasteiger partial charge < -0.3 is 9.58 Å². The van der Waals surface area contributed by atoms with Crippen LogP contribution < -0.4 is 0 Å². The first-order valence-electron chi connectivity index (χ1n) is 4.28. The molecule has 1 rings (SSSR count). The second-order valence-electron chi connectivity index (χ2n) is 2.82. The van der Waals surface area contributed by atoms with Crippen molar-refractivity contribution in [2.24, 2.45) is 0 Å². The van der Waals surface area contributed by atoms with E-state index in [0.29, 0.717) is 18.5 Å². The number of hydrogen-bond acceptors (Lipinski definition) is 2. The summed E-state index contributed by atoms with van der Waals surface area (Å²) >= 11 is 0. The van der Waals surface area contributed by atoms with Crippen molar-refractivity contribution in [2.75, 3.05) is 13.7 Å². The summed E-state index contributed by atoms with van der Waals surface area (Å²) in [4.78, 5) is 14.4. The molecule has 1 aromatic rings. The van der Waals surface area contributed by atoms with E-state index in [1.807, 2.05) is 6.07 Å². The Morgan fingerprint density at radius 2 is 2.36 bits per heavy atom. The molecule has 0 aliphatic carbocycles. The van der Waals surface area contributed by atoms with Crippen molar-refractivity contribution >= 4 is 5.97 Å². The normalized spacial score (nSPS) is 9.14. The monoisotopic (exact) mass is 189 g/mol. The highest BCUT2D eigenvalue weighted by atomic mass is 16.5. The van der Waals surface area contributed by atoms with Crippen LogP contribution in [0.4, 0.5) is 0 Å². The van der Waals surface area contributed by atoms with E-state index in [1.54, 1.807) is 18.2 Å². The van der Waals surface area contributed by atoms with Gasteiger partial charge in [-0.15, -0.1) is 0 Å². The maximum Gasteiger partial charge on any atom is 0.337 e. The van der Waals surface area contributed by atoms with E-state index in [4.69, 9.17) is 6.57 Å². The first kappa shape index (κ1) is 10.3. The molecule has 0 spiro atoms. The molecular formula is C11H11NO2. The summed E-state index contributed by atoms with van der Waals surface area (Å²) in [6.07, 6.45) is 0.675. The number of methoxy groups -OCH3 is 1. The molecule has 3 nitrogen and oxygen atoms in total. The molecule has 1 aromatic carbocycles. The topological polar surface area (TPSA) is 30.7 Å². The van der Waals surface area contributed by atoms with Crippen molar-refractivity contribution in [2.45, 2.75) is 6.42 Å². The lowest BCUT2D eigenvalue weighted by Crippen LogP contribution is -2.01. The van der Waals surface area contributed by atoms with Crippen LogP contribution in [-0.2, 0) is 11.2 Å². The van der Waals surface area contributed by atoms with Gasteiger partial charge >= 0.3 is 5.97 Å². The van der Waals surface area contributed by atoms with Crippen molar-refractivity contribution in [3.63, 3.8) is 0 Å². The van der Waals surface area contributed by atoms with Crippen molar-refractivity contribution in [3.05, 3.63) is 46.8 Å². The molecule has 0 heterocycles. The number of rotatable bonds is 3. The summed E-state index contributed by atoms with van der Waals surface area (Å²) in [5.74, 6) is -0.338. The third kappa shape index (κ3) is 2.60. The molecule has 72 valence electrons. The lowest BCUT2D eigenvalue weighted by molar-refractivity contribution is 0.0600. The van der Waals surface area contributed by atoms with Crippen molar-refractivity contribution in [1.82, 2.24) is 0 Å². The molecule has 0 fully saturated rings. The molecule has 0 saturated carbocycles. The van der Waals surface area contributed by atoms with E-state index in [9.17, 15) is 4.79 Å². The zero-order valence-electron chi connectivity index (χ0n) is 7.99. The van der Waals surface area contributed by atoms with Crippen LogP contribution in [0.3, 0.4) is 0 Å². The molecule has 0 N–H and O–H groups in total. The Hall–Kier alpha value is -1.82. The van der Waals surface area contributed by atoms with Crippen LogP contribution in [0.1, 0.15) is 15.9 Å². The van der Waals surface area contributed by atoms with Gasteiger partial charge in [0, 0.05) is 6.42 Å². The van der Waals surface area contributed by atoms with E-state index in [2.05, 4.69) is 9.58 Å². The highest BCUT2D eigenvalue weighted by Crippen LogP contribution is 2.07. The van der Waals surface area contributed by atoms with E-state index >= 15 is 0 Å². The minimum atomic E-state index is -0.338. The Morgan fingerprint density at radius 3 is 3.00 bits per heavy atom. The van der Waals surface area contributed by atoms with Gasteiger partial charge in [-0.3, -0.25) is 0 Å². The van der Waals surface area contributed by atoms with E-state index in [0.717, 1.165) is 5.56 Å². The molecular weight excluding hydrogens is 178 g/mol. The van der Waals surface area contributed by atoms with E-state index in [1.165, 1.54) is 7.11 Å². The number of nitrogens with zero attached hydrogens (tertiary/aromatic N) is 1. The van der Waals surface area contributed by atoms with Gasteiger partial charge in [0.1, 0.15) is 0 Å². The van der Waals surface area contributed by atoms with Gasteiger partial charge in [0.15, 0.2) is 0 Å². The molecule has 0 aromatic heterocycles. The SMILES string of the molecule is [C-]#[N+]CCc1cccc(C(=O)OC)c1. The van der Waals surface area contributed by atoms with Crippen molar-refractivity contribution in [1.29, 1.82) is 0 Å². The fourth-order valence-electron chi connectivity index (χ4n) is 1.16. The largest absolute Gasteiger partial charge is 0.465 e. The average molecular weight is 189 g/mol. The second kappa shape index (κ2) is 5.03. The highest BCUT2D eigenvalue weighted by Gasteiger charge is 2.05. The summed E-state index contributed by atoms with van der Waals surface area (Å²) in [7, 11) is 1.36. The minimum absolute atomic E-state index is 0.338. The predicted octanol–water partition coefficient (Wildman–Crippen LogP) is 1.93. The average Bonchev–Trinajstić information content (AvgIpc) is 2.25. The molecule has 0 aliphatic heterocycles. The van der Waals surface area contributed by atoms with Gasteiger partial charge in [0.25, 0.3) is 0 Å². The van der Waals surface area contributed by atoms with Gasteiger partial charge in [0.2, 0.25) is 6.54 Å². The van der Waals surface area contributed by atoms with Crippen LogP contribution in [0.25, 0.3) is 4.85 Å². The van der Waals surface area contributed by atoms with Crippen molar-refractivity contribution < 1.29 is 9.53 Å². The number of carbonyl (C=O) groups is 1. The molecule has 3 heteroatoms. The zero-order chi connectivity index (χ0) is 10.4. The van der Waals surface area contributed by atoms with Crippen LogP contribution in [0, 0.1) is 6.57 Å². The van der Waals surface area contributed by atoms with Gasteiger partial charge in [-0.25, -0.2) is 11.4 Å². The third-order valence-corrected chi connectivity index (χ3v) is 1.86. The first-order valence-corrected chi connectivity index (χ1v) is 4.28. The van der Waals surface area contributed by atoms with Crippen LogP contribution in [-0.4, -0.2) is 19.6 Å².